The lowest BCUT2D eigenvalue weighted by Gasteiger charge is -2.33. The van der Waals surface area contributed by atoms with Gasteiger partial charge in [-0.05, 0) is 57.4 Å². The van der Waals surface area contributed by atoms with Crippen LogP contribution in [0.3, 0.4) is 0 Å². The summed E-state index contributed by atoms with van der Waals surface area (Å²) >= 11 is 0. The number of likely N-dealkylation sites (tertiary alicyclic amines) is 1. The molecule has 240 valence electrons. The second-order valence-corrected chi connectivity index (χ2v) is 12.7. The van der Waals surface area contributed by atoms with Crippen molar-refractivity contribution in [2.45, 2.75) is 51.8 Å². The van der Waals surface area contributed by atoms with Gasteiger partial charge in [-0.25, -0.2) is 29.4 Å². The maximum Gasteiger partial charge on any atom is 0.410 e. The predicted octanol–water partition coefficient (Wildman–Crippen LogP) is 5.70. The molecule has 4 aromatic heterocycles. The van der Waals surface area contributed by atoms with E-state index in [1.54, 1.807) is 27.9 Å². The first-order valence-corrected chi connectivity index (χ1v) is 15.7. The van der Waals surface area contributed by atoms with Crippen LogP contribution in [-0.2, 0) is 11.3 Å². The van der Waals surface area contributed by atoms with E-state index in [-0.39, 0.29) is 12.1 Å². The number of benzene rings is 2. The molecule has 48 heavy (non-hydrogen) atoms. The highest BCUT2D eigenvalue weighted by Crippen LogP contribution is 2.27. The van der Waals surface area contributed by atoms with Gasteiger partial charge in [-0.15, -0.1) is 5.10 Å². The molecule has 0 unspecified atom stereocenters. The molecular formula is C35H33N11O2. The zero-order valence-electron chi connectivity index (χ0n) is 26.9. The summed E-state index contributed by atoms with van der Waals surface area (Å²) in [7, 11) is 0. The number of nitrogens with zero attached hydrogens (tertiary/aromatic N) is 11. The third-order valence-corrected chi connectivity index (χ3v) is 8.10. The first kappa shape index (κ1) is 30.6. The predicted molar refractivity (Wildman–Crippen MR) is 177 cm³/mol. The van der Waals surface area contributed by atoms with Crippen LogP contribution in [0.15, 0.2) is 79.5 Å². The monoisotopic (exact) mass is 639 g/mol. The van der Waals surface area contributed by atoms with E-state index in [4.69, 9.17) is 9.72 Å². The van der Waals surface area contributed by atoms with Crippen molar-refractivity contribution in [2.24, 2.45) is 0 Å². The summed E-state index contributed by atoms with van der Waals surface area (Å²) in [4.78, 5) is 32.7. The highest BCUT2D eigenvalue weighted by molar-refractivity contribution is 5.72. The second-order valence-electron chi connectivity index (χ2n) is 12.7. The van der Waals surface area contributed by atoms with Gasteiger partial charge in [0.1, 0.15) is 5.60 Å². The van der Waals surface area contributed by atoms with Crippen molar-refractivity contribution in [2.75, 3.05) is 13.1 Å². The first-order chi connectivity index (χ1) is 23.2. The van der Waals surface area contributed by atoms with Crippen LogP contribution in [0.1, 0.15) is 50.8 Å². The maximum absolute atomic E-state index is 12.4. The summed E-state index contributed by atoms with van der Waals surface area (Å²) < 4.78 is 9.23. The van der Waals surface area contributed by atoms with Gasteiger partial charge in [0, 0.05) is 53.9 Å². The number of ether oxygens (including phenoxy) is 1. The summed E-state index contributed by atoms with van der Waals surface area (Å²) in [6.45, 7) is 7.34. The van der Waals surface area contributed by atoms with Crippen LogP contribution in [-0.4, -0.2) is 74.4 Å². The Morgan fingerprint density at radius 3 is 2.40 bits per heavy atom. The number of fused-ring (bicyclic) bond motifs is 1. The molecule has 5 heterocycles. The Labute approximate surface area is 276 Å². The van der Waals surface area contributed by atoms with Crippen molar-refractivity contribution < 1.29 is 9.53 Å². The normalized spacial score (nSPS) is 13.8. The average molecular weight is 640 g/mol. The molecule has 0 spiro atoms. The van der Waals surface area contributed by atoms with Gasteiger partial charge in [0.05, 0.1) is 36.6 Å². The van der Waals surface area contributed by atoms with E-state index in [0.717, 1.165) is 40.7 Å². The Balaban J connectivity index is 1.02. The second kappa shape index (κ2) is 12.6. The Kier molecular flexibility index (Phi) is 8.06. The van der Waals surface area contributed by atoms with E-state index >= 15 is 0 Å². The minimum absolute atomic E-state index is 0.204. The molecule has 1 aliphatic heterocycles. The fourth-order valence-corrected chi connectivity index (χ4v) is 5.68. The fraction of sp³-hybridized carbons (Fsp3) is 0.286. The van der Waals surface area contributed by atoms with Crippen molar-refractivity contribution in [1.29, 1.82) is 5.26 Å². The van der Waals surface area contributed by atoms with Crippen LogP contribution in [0.5, 0.6) is 0 Å². The zero-order valence-corrected chi connectivity index (χ0v) is 26.9. The minimum atomic E-state index is -0.506. The summed E-state index contributed by atoms with van der Waals surface area (Å²) in [5.74, 6) is 1.10. The Morgan fingerprint density at radius 2 is 1.65 bits per heavy atom. The smallest absolute Gasteiger partial charge is 0.410 e. The molecule has 0 radical (unpaired) electrons. The first-order valence-electron chi connectivity index (χ1n) is 15.7. The largest absolute Gasteiger partial charge is 0.444 e. The molecule has 6 aromatic rings. The Bertz CT molecular complexity index is 2130. The molecule has 1 fully saturated rings. The van der Waals surface area contributed by atoms with Gasteiger partial charge < -0.3 is 9.64 Å². The summed E-state index contributed by atoms with van der Waals surface area (Å²) in [6.07, 6.45) is 10.5. The quantitative estimate of drug-likeness (QED) is 0.222. The van der Waals surface area contributed by atoms with Gasteiger partial charge in [0.2, 0.25) is 0 Å². The summed E-state index contributed by atoms with van der Waals surface area (Å²) in [5, 5.41) is 22.4. The van der Waals surface area contributed by atoms with E-state index in [1.807, 2.05) is 86.6 Å². The molecule has 1 aliphatic rings. The van der Waals surface area contributed by atoms with Gasteiger partial charge in [-0.1, -0.05) is 35.5 Å². The number of hydrogen-bond donors (Lipinski definition) is 0. The van der Waals surface area contributed by atoms with E-state index in [0.29, 0.717) is 48.0 Å². The van der Waals surface area contributed by atoms with E-state index in [9.17, 15) is 10.1 Å². The summed E-state index contributed by atoms with van der Waals surface area (Å²) in [5.41, 5.74) is 5.63. The summed E-state index contributed by atoms with van der Waals surface area (Å²) in [6, 6.07) is 17.5. The number of carbonyl (C=O) groups excluding carboxylic acids is 1. The molecule has 0 aliphatic carbocycles. The fourth-order valence-electron chi connectivity index (χ4n) is 5.68. The lowest BCUT2D eigenvalue weighted by atomic mass is 10.1. The van der Waals surface area contributed by atoms with E-state index in [2.05, 4.69) is 36.4 Å². The van der Waals surface area contributed by atoms with Crippen molar-refractivity contribution in [3.63, 3.8) is 0 Å². The van der Waals surface area contributed by atoms with Crippen LogP contribution < -0.4 is 0 Å². The lowest BCUT2D eigenvalue weighted by molar-refractivity contribution is 0.0185. The van der Waals surface area contributed by atoms with Crippen molar-refractivity contribution in [3.8, 4) is 40.0 Å². The molecule has 0 saturated carbocycles. The third-order valence-electron chi connectivity index (χ3n) is 8.10. The number of piperidine rings is 1. The minimum Gasteiger partial charge on any atom is -0.444 e. The SMILES string of the molecule is CC(C)(C)OC(=O)N1CCC(n2cc(-c3cnc(-c4cccc(Cn5nnc6cnc(-c7cccc(C#N)c7)nc65)c4)nc3)cn2)CC1. The molecule has 0 atom stereocenters. The van der Waals surface area contributed by atoms with Crippen LogP contribution >= 0.6 is 0 Å². The van der Waals surface area contributed by atoms with Gasteiger partial charge in [-0.3, -0.25) is 4.68 Å². The third kappa shape index (κ3) is 6.59. The van der Waals surface area contributed by atoms with Crippen LogP contribution in [0.25, 0.3) is 45.1 Å². The van der Waals surface area contributed by atoms with Crippen molar-refractivity contribution in [1.82, 2.24) is 49.6 Å². The molecule has 13 nitrogen and oxygen atoms in total. The van der Waals surface area contributed by atoms with Crippen molar-refractivity contribution in [3.05, 3.63) is 90.6 Å². The molecule has 0 N–H and O–H groups in total. The standard InChI is InChI=1S/C35H33N11O2/c1-35(2,3)48-34(47)44-12-10-29(11-13-44)45-22-28(19-40-45)27-17-37-31(38-18-27)25-8-5-7-24(15-25)21-46-33-30(42-43-46)20-39-32(41-33)26-9-4-6-23(14-26)16-36/h4-9,14-15,17-20,22,29H,10-13,21H2,1-3H3. The topological polar surface area (TPSA) is 153 Å². The average Bonchev–Trinajstić information content (AvgIpc) is 3.76. The number of rotatable bonds is 6. The number of hydrogen-bond acceptors (Lipinski definition) is 10. The highest BCUT2D eigenvalue weighted by atomic mass is 16.6. The Morgan fingerprint density at radius 1 is 0.917 bits per heavy atom. The van der Waals surface area contributed by atoms with E-state index in [1.165, 1.54) is 0 Å². The zero-order chi connectivity index (χ0) is 33.3. The van der Waals surface area contributed by atoms with Gasteiger partial charge in [0.15, 0.2) is 22.8 Å². The molecule has 2 aromatic carbocycles. The van der Waals surface area contributed by atoms with Crippen LogP contribution in [0.4, 0.5) is 4.79 Å². The maximum atomic E-state index is 12.4. The van der Waals surface area contributed by atoms with Gasteiger partial charge >= 0.3 is 6.09 Å². The van der Waals surface area contributed by atoms with Crippen LogP contribution in [0, 0.1) is 11.3 Å². The van der Waals surface area contributed by atoms with E-state index < -0.39 is 5.60 Å². The molecule has 1 amide bonds. The molecule has 1 saturated heterocycles. The highest BCUT2D eigenvalue weighted by Gasteiger charge is 2.28. The number of aromatic nitrogens is 9. The Hall–Kier alpha value is -6.03. The number of nitriles is 1. The van der Waals surface area contributed by atoms with Crippen LogP contribution in [0.2, 0.25) is 0 Å². The van der Waals surface area contributed by atoms with Gasteiger partial charge in [-0.2, -0.15) is 10.4 Å². The molecule has 13 heteroatoms. The molecular weight excluding hydrogens is 606 g/mol. The molecule has 0 bridgehead atoms. The molecule has 7 rings (SSSR count). The lowest BCUT2D eigenvalue weighted by Crippen LogP contribution is -2.42. The van der Waals surface area contributed by atoms with Gasteiger partial charge in [0.25, 0.3) is 0 Å². The number of amides is 1. The number of carbonyl (C=O) groups is 1. The van der Waals surface area contributed by atoms with Crippen molar-refractivity contribution >= 4 is 17.3 Å².